The molecule has 0 aliphatic carbocycles. The Hall–Kier alpha value is -1.75. The Kier molecular flexibility index (Phi) is 3.82. The first-order valence-corrected chi connectivity index (χ1v) is 5.79. The molecule has 90 valence electrons. The van der Waals surface area contributed by atoms with Crippen LogP contribution in [0.4, 0.5) is 0 Å². The van der Waals surface area contributed by atoms with Gasteiger partial charge in [-0.3, -0.25) is 4.98 Å². The summed E-state index contributed by atoms with van der Waals surface area (Å²) >= 11 is 0. The Morgan fingerprint density at radius 3 is 2.94 bits per heavy atom. The Bertz CT molecular complexity index is 477. The molecule has 2 aromatic rings. The molecule has 0 aliphatic rings. The van der Waals surface area contributed by atoms with Crippen molar-refractivity contribution in [1.82, 2.24) is 25.1 Å². The summed E-state index contributed by atoms with van der Waals surface area (Å²) in [6.45, 7) is 6.44. The SMILES string of the molecule is CCn1ncnc1CNCc1ncccc1C. The van der Waals surface area contributed by atoms with Crippen molar-refractivity contribution in [3.63, 3.8) is 0 Å². The highest BCUT2D eigenvalue weighted by Gasteiger charge is 2.03. The topological polar surface area (TPSA) is 55.6 Å². The van der Waals surface area contributed by atoms with Gasteiger partial charge in [-0.05, 0) is 25.5 Å². The third-order valence-corrected chi connectivity index (χ3v) is 2.69. The summed E-state index contributed by atoms with van der Waals surface area (Å²) in [4.78, 5) is 8.54. The average molecular weight is 231 g/mol. The predicted octanol–water partition coefficient (Wildman–Crippen LogP) is 1.29. The van der Waals surface area contributed by atoms with Crippen LogP contribution in [0, 0.1) is 6.92 Å². The zero-order valence-corrected chi connectivity index (χ0v) is 10.2. The first-order chi connectivity index (χ1) is 8.31. The van der Waals surface area contributed by atoms with E-state index in [1.807, 2.05) is 16.9 Å². The highest BCUT2D eigenvalue weighted by molar-refractivity contribution is 5.17. The zero-order valence-electron chi connectivity index (χ0n) is 10.2. The second kappa shape index (κ2) is 5.54. The normalized spacial score (nSPS) is 10.7. The molecule has 0 aliphatic heterocycles. The van der Waals surface area contributed by atoms with Crippen molar-refractivity contribution < 1.29 is 0 Å². The van der Waals surface area contributed by atoms with E-state index >= 15 is 0 Å². The van der Waals surface area contributed by atoms with Crippen LogP contribution in [-0.4, -0.2) is 19.7 Å². The minimum atomic E-state index is 0.712. The second-order valence-electron chi connectivity index (χ2n) is 3.86. The van der Waals surface area contributed by atoms with E-state index < -0.39 is 0 Å². The van der Waals surface area contributed by atoms with Crippen LogP contribution < -0.4 is 5.32 Å². The van der Waals surface area contributed by atoms with E-state index in [1.165, 1.54) is 5.56 Å². The summed E-state index contributed by atoms with van der Waals surface area (Å²) < 4.78 is 1.89. The molecule has 5 heteroatoms. The largest absolute Gasteiger partial charge is 0.304 e. The lowest BCUT2D eigenvalue weighted by molar-refractivity contribution is 0.568. The van der Waals surface area contributed by atoms with Gasteiger partial charge in [-0.25, -0.2) is 9.67 Å². The van der Waals surface area contributed by atoms with E-state index in [4.69, 9.17) is 0 Å². The Morgan fingerprint density at radius 2 is 2.18 bits per heavy atom. The van der Waals surface area contributed by atoms with Crippen molar-refractivity contribution in [3.05, 3.63) is 41.7 Å². The van der Waals surface area contributed by atoms with Crippen LogP contribution in [0.3, 0.4) is 0 Å². The number of nitrogens with zero attached hydrogens (tertiary/aromatic N) is 4. The zero-order chi connectivity index (χ0) is 12.1. The average Bonchev–Trinajstić information content (AvgIpc) is 2.79. The van der Waals surface area contributed by atoms with Gasteiger partial charge in [-0.2, -0.15) is 5.10 Å². The smallest absolute Gasteiger partial charge is 0.140 e. The maximum Gasteiger partial charge on any atom is 0.140 e. The number of nitrogens with one attached hydrogen (secondary N) is 1. The molecule has 2 aromatic heterocycles. The molecule has 2 rings (SSSR count). The van der Waals surface area contributed by atoms with Gasteiger partial charge in [0.2, 0.25) is 0 Å². The lowest BCUT2D eigenvalue weighted by Crippen LogP contribution is -2.18. The summed E-state index contributed by atoms with van der Waals surface area (Å²) in [5.74, 6) is 0.959. The van der Waals surface area contributed by atoms with Crippen LogP contribution in [0.5, 0.6) is 0 Å². The van der Waals surface area contributed by atoms with Crippen molar-refractivity contribution >= 4 is 0 Å². The summed E-state index contributed by atoms with van der Waals surface area (Å²) in [6, 6.07) is 4.02. The van der Waals surface area contributed by atoms with E-state index in [9.17, 15) is 0 Å². The fourth-order valence-electron chi connectivity index (χ4n) is 1.69. The second-order valence-corrected chi connectivity index (χ2v) is 3.86. The molecular formula is C12H17N5. The molecule has 0 saturated carbocycles. The van der Waals surface area contributed by atoms with E-state index in [1.54, 1.807) is 6.33 Å². The van der Waals surface area contributed by atoms with Gasteiger partial charge >= 0.3 is 0 Å². The highest BCUT2D eigenvalue weighted by Crippen LogP contribution is 2.02. The molecule has 1 N–H and O–H groups in total. The third-order valence-electron chi connectivity index (χ3n) is 2.69. The van der Waals surface area contributed by atoms with Crippen molar-refractivity contribution in [1.29, 1.82) is 0 Å². The number of hydrogen-bond acceptors (Lipinski definition) is 4. The highest BCUT2D eigenvalue weighted by atomic mass is 15.3. The van der Waals surface area contributed by atoms with Crippen LogP contribution in [0.25, 0.3) is 0 Å². The van der Waals surface area contributed by atoms with Gasteiger partial charge in [0, 0.05) is 19.3 Å². The first kappa shape index (κ1) is 11.7. The lowest BCUT2D eigenvalue weighted by Gasteiger charge is -2.06. The van der Waals surface area contributed by atoms with Gasteiger partial charge < -0.3 is 5.32 Å². The molecule has 5 nitrogen and oxygen atoms in total. The van der Waals surface area contributed by atoms with Crippen LogP contribution in [-0.2, 0) is 19.6 Å². The molecule has 0 spiro atoms. The minimum Gasteiger partial charge on any atom is -0.304 e. The molecular weight excluding hydrogens is 214 g/mol. The fourth-order valence-corrected chi connectivity index (χ4v) is 1.69. The molecule has 0 bridgehead atoms. The van der Waals surface area contributed by atoms with Crippen LogP contribution in [0.15, 0.2) is 24.7 Å². The van der Waals surface area contributed by atoms with Crippen LogP contribution in [0.2, 0.25) is 0 Å². The number of hydrogen-bond donors (Lipinski definition) is 1. The van der Waals surface area contributed by atoms with Crippen molar-refractivity contribution in [2.24, 2.45) is 0 Å². The summed E-state index contributed by atoms with van der Waals surface area (Å²) in [7, 11) is 0. The maximum absolute atomic E-state index is 4.33. The number of rotatable bonds is 5. The van der Waals surface area contributed by atoms with Gasteiger partial charge in [0.25, 0.3) is 0 Å². The molecule has 0 radical (unpaired) electrons. The van der Waals surface area contributed by atoms with E-state index in [0.29, 0.717) is 6.54 Å². The Balaban J connectivity index is 1.90. The third kappa shape index (κ3) is 2.88. The van der Waals surface area contributed by atoms with E-state index in [-0.39, 0.29) is 0 Å². The molecule has 0 aromatic carbocycles. The summed E-state index contributed by atoms with van der Waals surface area (Å²) in [5.41, 5.74) is 2.28. The van der Waals surface area contributed by atoms with Gasteiger partial charge in [-0.1, -0.05) is 6.07 Å². The van der Waals surface area contributed by atoms with Crippen molar-refractivity contribution in [3.8, 4) is 0 Å². The molecule has 17 heavy (non-hydrogen) atoms. The van der Waals surface area contributed by atoms with Gasteiger partial charge in [0.05, 0.1) is 12.2 Å². The van der Waals surface area contributed by atoms with Crippen molar-refractivity contribution in [2.45, 2.75) is 33.5 Å². The molecule has 0 fully saturated rings. The Labute approximate surface area is 101 Å². The standard InChI is InChI=1S/C12H17N5/c1-3-17-12(15-9-16-17)8-13-7-11-10(2)5-4-6-14-11/h4-6,9,13H,3,7-8H2,1-2H3. The predicted molar refractivity (Wildman–Crippen MR) is 65.2 cm³/mol. The summed E-state index contributed by atoms with van der Waals surface area (Å²) in [5, 5.41) is 7.46. The Morgan fingerprint density at radius 1 is 1.29 bits per heavy atom. The van der Waals surface area contributed by atoms with Gasteiger partial charge in [-0.15, -0.1) is 0 Å². The molecule has 0 saturated heterocycles. The number of aryl methyl sites for hydroxylation is 2. The van der Waals surface area contributed by atoms with Crippen LogP contribution in [0.1, 0.15) is 24.0 Å². The van der Waals surface area contributed by atoms with Gasteiger partial charge in [0.1, 0.15) is 12.2 Å². The molecule has 0 amide bonds. The summed E-state index contributed by atoms with van der Waals surface area (Å²) in [6.07, 6.45) is 3.41. The molecule has 0 atom stereocenters. The molecule has 2 heterocycles. The monoisotopic (exact) mass is 231 g/mol. The number of pyridine rings is 1. The minimum absolute atomic E-state index is 0.712. The molecule has 0 unspecified atom stereocenters. The van der Waals surface area contributed by atoms with E-state index in [0.717, 1.165) is 24.6 Å². The van der Waals surface area contributed by atoms with Gasteiger partial charge in [0.15, 0.2) is 0 Å². The quantitative estimate of drug-likeness (QED) is 0.842. The lowest BCUT2D eigenvalue weighted by atomic mass is 10.2. The van der Waals surface area contributed by atoms with Crippen LogP contribution >= 0.6 is 0 Å². The van der Waals surface area contributed by atoms with E-state index in [2.05, 4.69) is 40.3 Å². The first-order valence-electron chi connectivity index (χ1n) is 5.79. The van der Waals surface area contributed by atoms with Crippen molar-refractivity contribution in [2.75, 3.05) is 0 Å². The number of aromatic nitrogens is 4. The fraction of sp³-hybridized carbons (Fsp3) is 0.417. The maximum atomic E-state index is 4.33.